The van der Waals surface area contributed by atoms with E-state index < -0.39 is 0 Å². The second-order valence-electron chi connectivity index (χ2n) is 4.81. The molecule has 0 saturated heterocycles. The molecule has 0 N–H and O–H groups in total. The van der Waals surface area contributed by atoms with Crippen molar-refractivity contribution in [3.63, 3.8) is 0 Å². The fourth-order valence-electron chi connectivity index (χ4n) is 2.25. The van der Waals surface area contributed by atoms with E-state index in [9.17, 15) is 4.79 Å². The first kappa shape index (κ1) is 14.0. The molecule has 110 valence electrons. The fraction of sp³-hybridized carbons (Fsp3) is 0.118. The Labute approximate surface area is 127 Å². The summed E-state index contributed by atoms with van der Waals surface area (Å²) in [5, 5.41) is 8.21. The van der Waals surface area contributed by atoms with E-state index in [0.717, 1.165) is 16.6 Å². The number of methoxy groups -OCH3 is 1. The van der Waals surface area contributed by atoms with E-state index in [0.29, 0.717) is 12.1 Å². The van der Waals surface area contributed by atoms with Crippen LogP contribution in [0.5, 0.6) is 0 Å². The van der Waals surface area contributed by atoms with Crippen LogP contribution in [-0.2, 0) is 16.1 Å². The minimum absolute atomic E-state index is 0.308. The first-order valence-electron chi connectivity index (χ1n) is 6.90. The average Bonchev–Trinajstić information content (AvgIpc) is 2.98. The summed E-state index contributed by atoms with van der Waals surface area (Å²) in [6.07, 6.45) is 1.81. The summed E-state index contributed by atoms with van der Waals surface area (Å²) in [7, 11) is 1.38. The molecule has 2 aromatic carbocycles. The standard InChI is InChI=1S/C17H15N3O2/c1-22-17(21)14(11-13-7-3-2-4-8-13)12-20-16-10-6-5-9-15(16)18-19-20/h2-11H,12H2,1H3/b14-11+. The smallest absolute Gasteiger partial charge is 0.335 e. The largest absolute Gasteiger partial charge is 0.466 e. The number of hydrogen-bond donors (Lipinski definition) is 0. The maximum Gasteiger partial charge on any atom is 0.335 e. The van der Waals surface area contributed by atoms with Crippen LogP contribution in [0.4, 0.5) is 0 Å². The topological polar surface area (TPSA) is 57.0 Å². The average molecular weight is 293 g/mol. The molecular formula is C17H15N3O2. The molecule has 0 atom stereocenters. The SMILES string of the molecule is COC(=O)/C(=C/c1ccccc1)Cn1nnc2ccccc21. The number of para-hydroxylation sites is 1. The van der Waals surface area contributed by atoms with Gasteiger partial charge in [-0.25, -0.2) is 9.48 Å². The number of rotatable bonds is 4. The molecule has 3 rings (SSSR count). The van der Waals surface area contributed by atoms with Crippen molar-refractivity contribution in [2.24, 2.45) is 0 Å². The Hall–Kier alpha value is -2.95. The fourth-order valence-corrected chi connectivity index (χ4v) is 2.25. The summed E-state index contributed by atoms with van der Waals surface area (Å²) in [6.45, 7) is 0.308. The second kappa shape index (κ2) is 6.22. The number of benzene rings is 2. The maximum atomic E-state index is 12.0. The molecule has 0 unspecified atom stereocenters. The van der Waals surface area contributed by atoms with Crippen LogP contribution >= 0.6 is 0 Å². The lowest BCUT2D eigenvalue weighted by atomic mass is 10.1. The molecule has 0 aliphatic rings. The van der Waals surface area contributed by atoms with Gasteiger partial charge < -0.3 is 4.74 Å². The summed E-state index contributed by atoms with van der Waals surface area (Å²) < 4.78 is 6.57. The van der Waals surface area contributed by atoms with Crippen molar-refractivity contribution in [3.8, 4) is 0 Å². The highest BCUT2D eigenvalue weighted by molar-refractivity contribution is 5.93. The number of fused-ring (bicyclic) bond motifs is 1. The minimum Gasteiger partial charge on any atom is -0.466 e. The number of esters is 1. The molecule has 22 heavy (non-hydrogen) atoms. The first-order valence-corrected chi connectivity index (χ1v) is 6.90. The summed E-state index contributed by atoms with van der Waals surface area (Å²) in [5.41, 5.74) is 3.13. The van der Waals surface area contributed by atoms with E-state index in [-0.39, 0.29) is 5.97 Å². The highest BCUT2D eigenvalue weighted by atomic mass is 16.5. The Morgan fingerprint density at radius 2 is 1.86 bits per heavy atom. The molecule has 3 aromatic rings. The molecule has 0 radical (unpaired) electrons. The van der Waals surface area contributed by atoms with Crippen molar-refractivity contribution < 1.29 is 9.53 Å². The zero-order chi connectivity index (χ0) is 15.4. The van der Waals surface area contributed by atoms with Gasteiger partial charge in [0.1, 0.15) is 5.52 Å². The van der Waals surface area contributed by atoms with Gasteiger partial charge in [0.05, 0.1) is 24.7 Å². The van der Waals surface area contributed by atoms with Crippen molar-refractivity contribution >= 4 is 23.1 Å². The zero-order valence-corrected chi connectivity index (χ0v) is 12.1. The van der Waals surface area contributed by atoms with E-state index in [2.05, 4.69) is 10.3 Å². The van der Waals surface area contributed by atoms with Crippen molar-refractivity contribution in [1.82, 2.24) is 15.0 Å². The van der Waals surface area contributed by atoms with Crippen molar-refractivity contribution in [1.29, 1.82) is 0 Å². The normalized spacial score (nSPS) is 11.6. The number of carbonyl (C=O) groups is 1. The summed E-state index contributed by atoms with van der Waals surface area (Å²) in [5.74, 6) is -0.372. The van der Waals surface area contributed by atoms with Gasteiger partial charge in [0, 0.05) is 0 Å². The summed E-state index contributed by atoms with van der Waals surface area (Å²) >= 11 is 0. The Kier molecular flexibility index (Phi) is 3.96. The van der Waals surface area contributed by atoms with Crippen LogP contribution in [0.1, 0.15) is 5.56 Å². The lowest BCUT2D eigenvalue weighted by Gasteiger charge is -2.06. The van der Waals surface area contributed by atoms with E-state index in [1.807, 2.05) is 60.7 Å². The quantitative estimate of drug-likeness (QED) is 0.548. The van der Waals surface area contributed by atoms with Gasteiger partial charge in [0.2, 0.25) is 0 Å². The molecule has 5 nitrogen and oxygen atoms in total. The Morgan fingerprint density at radius 3 is 2.64 bits per heavy atom. The number of aromatic nitrogens is 3. The molecule has 5 heteroatoms. The van der Waals surface area contributed by atoms with E-state index in [1.165, 1.54) is 7.11 Å². The van der Waals surface area contributed by atoms with Crippen LogP contribution in [0.2, 0.25) is 0 Å². The maximum absolute atomic E-state index is 12.0. The molecule has 1 aromatic heterocycles. The van der Waals surface area contributed by atoms with Crippen molar-refractivity contribution in [2.45, 2.75) is 6.54 Å². The van der Waals surface area contributed by atoms with Crippen molar-refractivity contribution in [3.05, 3.63) is 65.7 Å². The number of ether oxygens (including phenoxy) is 1. The van der Waals surface area contributed by atoms with Crippen LogP contribution in [0.25, 0.3) is 17.1 Å². The van der Waals surface area contributed by atoms with E-state index >= 15 is 0 Å². The number of hydrogen-bond acceptors (Lipinski definition) is 4. The Balaban J connectivity index is 1.97. The molecule has 1 heterocycles. The number of carbonyl (C=O) groups excluding carboxylic acids is 1. The van der Waals surface area contributed by atoms with Gasteiger partial charge in [0.25, 0.3) is 0 Å². The van der Waals surface area contributed by atoms with Crippen LogP contribution in [0, 0.1) is 0 Å². The zero-order valence-electron chi connectivity index (χ0n) is 12.1. The summed E-state index contributed by atoms with van der Waals surface area (Å²) in [6, 6.07) is 17.3. The predicted octanol–water partition coefficient (Wildman–Crippen LogP) is 2.69. The van der Waals surface area contributed by atoms with E-state index in [1.54, 1.807) is 4.68 Å². The van der Waals surface area contributed by atoms with Gasteiger partial charge in [0.15, 0.2) is 0 Å². The molecule has 0 amide bonds. The summed E-state index contributed by atoms with van der Waals surface area (Å²) in [4.78, 5) is 12.0. The minimum atomic E-state index is -0.372. The molecule has 0 bridgehead atoms. The van der Waals surface area contributed by atoms with Gasteiger partial charge in [-0.3, -0.25) is 0 Å². The molecule has 0 fully saturated rings. The molecular weight excluding hydrogens is 278 g/mol. The number of nitrogens with zero attached hydrogens (tertiary/aromatic N) is 3. The molecule has 0 aliphatic heterocycles. The first-order chi connectivity index (χ1) is 10.8. The van der Waals surface area contributed by atoms with E-state index in [4.69, 9.17) is 4.74 Å². The third-order valence-corrected chi connectivity index (χ3v) is 3.33. The Morgan fingerprint density at radius 1 is 1.14 bits per heavy atom. The van der Waals surface area contributed by atoms with Gasteiger partial charge >= 0.3 is 5.97 Å². The van der Waals surface area contributed by atoms with Crippen LogP contribution in [-0.4, -0.2) is 28.1 Å². The highest BCUT2D eigenvalue weighted by Gasteiger charge is 2.13. The van der Waals surface area contributed by atoms with Gasteiger partial charge in [-0.15, -0.1) is 5.10 Å². The lowest BCUT2D eigenvalue weighted by molar-refractivity contribution is -0.136. The van der Waals surface area contributed by atoms with Crippen molar-refractivity contribution in [2.75, 3.05) is 7.11 Å². The third kappa shape index (κ3) is 2.88. The second-order valence-corrected chi connectivity index (χ2v) is 4.81. The van der Waals surface area contributed by atoms with Gasteiger partial charge in [-0.1, -0.05) is 47.7 Å². The lowest BCUT2D eigenvalue weighted by Crippen LogP contribution is -2.12. The van der Waals surface area contributed by atoms with Crippen LogP contribution < -0.4 is 0 Å². The van der Waals surface area contributed by atoms with Gasteiger partial charge in [-0.05, 0) is 23.8 Å². The highest BCUT2D eigenvalue weighted by Crippen LogP contribution is 2.14. The third-order valence-electron chi connectivity index (χ3n) is 3.33. The molecule has 0 saturated carbocycles. The van der Waals surface area contributed by atoms with Crippen LogP contribution in [0.15, 0.2) is 60.2 Å². The molecule has 0 spiro atoms. The Bertz CT molecular complexity index is 822. The van der Waals surface area contributed by atoms with Gasteiger partial charge in [-0.2, -0.15) is 0 Å². The molecule has 0 aliphatic carbocycles. The monoisotopic (exact) mass is 293 g/mol. The van der Waals surface area contributed by atoms with Crippen LogP contribution in [0.3, 0.4) is 0 Å². The predicted molar refractivity (Wildman–Crippen MR) is 84.0 cm³/mol.